The van der Waals surface area contributed by atoms with E-state index in [1.54, 1.807) is 11.3 Å². The van der Waals surface area contributed by atoms with Crippen LogP contribution in [0.5, 0.6) is 0 Å². The Balaban J connectivity index is 1.54. The molecule has 0 atom stereocenters. The van der Waals surface area contributed by atoms with E-state index in [1.165, 1.54) is 6.07 Å². The number of nitrogens with zero attached hydrogens (tertiary/aromatic N) is 4. The average Bonchev–Trinajstić information content (AvgIpc) is 3.10. The van der Waals surface area contributed by atoms with Gasteiger partial charge in [0, 0.05) is 43.8 Å². The summed E-state index contributed by atoms with van der Waals surface area (Å²) in [7, 11) is 0. The second-order valence-corrected chi connectivity index (χ2v) is 5.43. The Kier molecular flexibility index (Phi) is 3.66. The third-order valence-electron chi connectivity index (χ3n) is 3.22. The van der Waals surface area contributed by atoms with Crippen LogP contribution in [0.2, 0.25) is 0 Å². The summed E-state index contributed by atoms with van der Waals surface area (Å²) in [5.74, 6) is -0.473. The fourth-order valence-corrected chi connectivity index (χ4v) is 2.87. The molecular formula is C12H14N4O3S. The highest BCUT2D eigenvalue weighted by Gasteiger charge is 2.20. The van der Waals surface area contributed by atoms with Crippen LogP contribution in [-0.4, -0.2) is 52.3 Å². The lowest BCUT2D eigenvalue weighted by Crippen LogP contribution is -2.45. The molecule has 0 radical (unpaired) electrons. The number of carboxylic acids is 1. The molecule has 3 heterocycles. The molecule has 3 rings (SSSR count). The summed E-state index contributed by atoms with van der Waals surface area (Å²) in [5, 5.41) is 15.3. The van der Waals surface area contributed by atoms with Crippen LogP contribution in [0.4, 0.5) is 5.13 Å². The molecule has 1 fully saturated rings. The average molecular weight is 294 g/mol. The Morgan fingerprint density at radius 3 is 2.80 bits per heavy atom. The largest absolute Gasteiger partial charge is 0.476 e. The second-order valence-electron chi connectivity index (χ2n) is 4.56. The van der Waals surface area contributed by atoms with Gasteiger partial charge in [-0.3, -0.25) is 4.90 Å². The number of piperazine rings is 1. The minimum Gasteiger partial charge on any atom is -0.476 e. The number of aromatic carboxylic acids is 1. The smallest absolute Gasteiger partial charge is 0.358 e. The zero-order valence-electron chi connectivity index (χ0n) is 10.7. The van der Waals surface area contributed by atoms with Gasteiger partial charge in [-0.25, -0.2) is 9.78 Å². The van der Waals surface area contributed by atoms with Crippen LogP contribution in [0.25, 0.3) is 0 Å². The first-order valence-electron chi connectivity index (χ1n) is 6.28. The summed E-state index contributed by atoms with van der Waals surface area (Å²) in [6, 6.07) is 1.48. The number of aromatic nitrogens is 2. The van der Waals surface area contributed by atoms with Gasteiger partial charge in [0.15, 0.2) is 16.6 Å². The molecule has 1 aliphatic rings. The normalized spacial score (nSPS) is 16.5. The second kappa shape index (κ2) is 5.59. The number of carboxylic acid groups (broad SMARTS) is 1. The van der Waals surface area contributed by atoms with Crippen LogP contribution in [-0.2, 0) is 6.54 Å². The molecule has 8 heteroatoms. The summed E-state index contributed by atoms with van der Waals surface area (Å²) in [6.07, 6.45) is 1.81. The van der Waals surface area contributed by atoms with Crippen molar-refractivity contribution in [3.63, 3.8) is 0 Å². The number of hydrogen-bond acceptors (Lipinski definition) is 7. The van der Waals surface area contributed by atoms with Crippen LogP contribution in [0.3, 0.4) is 0 Å². The Bertz CT molecular complexity index is 575. The van der Waals surface area contributed by atoms with E-state index in [4.69, 9.17) is 9.63 Å². The molecule has 1 saturated heterocycles. The third-order valence-corrected chi connectivity index (χ3v) is 4.05. The zero-order valence-corrected chi connectivity index (χ0v) is 11.5. The highest BCUT2D eigenvalue weighted by atomic mass is 32.1. The Morgan fingerprint density at radius 1 is 1.40 bits per heavy atom. The van der Waals surface area contributed by atoms with Gasteiger partial charge in [0.1, 0.15) is 0 Å². The van der Waals surface area contributed by atoms with E-state index in [1.807, 2.05) is 11.6 Å². The molecule has 20 heavy (non-hydrogen) atoms. The van der Waals surface area contributed by atoms with Gasteiger partial charge in [-0.2, -0.15) is 0 Å². The Hall–Kier alpha value is -1.93. The number of hydrogen-bond donors (Lipinski definition) is 1. The van der Waals surface area contributed by atoms with Crippen LogP contribution in [0, 0.1) is 0 Å². The van der Waals surface area contributed by atoms with Gasteiger partial charge in [-0.15, -0.1) is 11.3 Å². The van der Waals surface area contributed by atoms with Crippen LogP contribution >= 0.6 is 11.3 Å². The molecule has 0 spiro atoms. The number of thiazole rings is 1. The molecule has 0 bridgehead atoms. The first-order valence-corrected chi connectivity index (χ1v) is 7.16. The van der Waals surface area contributed by atoms with Gasteiger partial charge in [-0.1, -0.05) is 5.16 Å². The lowest BCUT2D eigenvalue weighted by molar-refractivity contribution is 0.0685. The van der Waals surface area contributed by atoms with E-state index in [0.29, 0.717) is 12.3 Å². The first-order chi connectivity index (χ1) is 9.72. The van der Waals surface area contributed by atoms with E-state index >= 15 is 0 Å². The van der Waals surface area contributed by atoms with Crippen molar-refractivity contribution in [3.8, 4) is 0 Å². The van der Waals surface area contributed by atoms with Crippen molar-refractivity contribution in [2.45, 2.75) is 6.54 Å². The number of rotatable bonds is 4. The van der Waals surface area contributed by atoms with Crippen molar-refractivity contribution in [3.05, 3.63) is 29.1 Å². The van der Waals surface area contributed by atoms with Crippen molar-refractivity contribution in [1.29, 1.82) is 0 Å². The SMILES string of the molecule is O=C(O)c1cc(CN2CCN(c3nccs3)CC2)on1. The molecule has 2 aromatic rings. The minimum atomic E-state index is -1.06. The molecule has 0 unspecified atom stereocenters. The zero-order chi connectivity index (χ0) is 13.9. The molecule has 106 valence electrons. The van der Waals surface area contributed by atoms with Crippen LogP contribution in [0.15, 0.2) is 22.2 Å². The van der Waals surface area contributed by atoms with E-state index in [0.717, 1.165) is 31.3 Å². The predicted molar refractivity (Wildman–Crippen MR) is 73.1 cm³/mol. The van der Waals surface area contributed by atoms with E-state index < -0.39 is 5.97 Å². The molecule has 7 nitrogen and oxygen atoms in total. The maximum atomic E-state index is 10.7. The summed E-state index contributed by atoms with van der Waals surface area (Å²) in [4.78, 5) is 19.5. The Labute approximate surface area is 119 Å². The highest BCUT2D eigenvalue weighted by molar-refractivity contribution is 7.13. The molecule has 1 N–H and O–H groups in total. The molecule has 1 aliphatic heterocycles. The van der Waals surface area contributed by atoms with E-state index in [-0.39, 0.29) is 5.69 Å². The van der Waals surface area contributed by atoms with Crippen molar-refractivity contribution >= 4 is 22.4 Å². The minimum absolute atomic E-state index is 0.0404. The van der Waals surface area contributed by atoms with Gasteiger partial charge < -0.3 is 14.5 Å². The molecule has 0 amide bonds. The monoisotopic (exact) mass is 294 g/mol. The third kappa shape index (κ3) is 2.81. The summed E-state index contributed by atoms with van der Waals surface area (Å²) in [6.45, 7) is 4.19. The van der Waals surface area contributed by atoms with E-state index in [9.17, 15) is 4.79 Å². The standard InChI is InChI=1S/C12H14N4O3S/c17-11(18)10-7-9(19-14-10)8-15-2-4-16(5-3-15)12-13-1-6-20-12/h1,6-7H,2-5,8H2,(H,17,18). The van der Waals surface area contributed by atoms with Gasteiger partial charge >= 0.3 is 5.97 Å². The van der Waals surface area contributed by atoms with Crippen molar-refractivity contribution in [2.75, 3.05) is 31.1 Å². The topological polar surface area (TPSA) is 82.7 Å². The van der Waals surface area contributed by atoms with Crippen molar-refractivity contribution < 1.29 is 14.4 Å². The highest BCUT2D eigenvalue weighted by Crippen LogP contribution is 2.19. The van der Waals surface area contributed by atoms with Gasteiger partial charge in [0.2, 0.25) is 0 Å². The summed E-state index contributed by atoms with van der Waals surface area (Å²) in [5.41, 5.74) is -0.0404. The van der Waals surface area contributed by atoms with Crippen molar-refractivity contribution in [2.24, 2.45) is 0 Å². The molecule has 0 aromatic carbocycles. The van der Waals surface area contributed by atoms with E-state index in [2.05, 4.69) is 19.9 Å². The first kappa shape index (κ1) is 13.1. The van der Waals surface area contributed by atoms with Gasteiger partial charge in [0.25, 0.3) is 0 Å². The molecule has 2 aromatic heterocycles. The predicted octanol–water partition coefficient (Wildman–Crippen LogP) is 1.15. The maximum absolute atomic E-state index is 10.7. The van der Waals surface area contributed by atoms with Crippen LogP contribution < -0.4 is 4.90 Å². The molecule has 0 aliphatic carbocycles. The lowest BCUT2D eigenvalue weighted by Gasteiger charge is -2.33. The maximum Gasteiger partial charge on any atom is 0.358 e. The van der Waals surface area contributed by atoms with Crippen molar-refractivity contribution in [1.82, 2.24) is 15.0 Å². The quantitative estimate of drug-likeness (QED) is 0.905. The number of carbonyl (C=O) groups is 1. The molecular weight excluding hydrogens is 280 g/mol. The lowest BCUT2D eigenvalue weighted by atomic mass is 10.3. The Morgan fingerprint density at radius 2 is 2.20 bits per heavy atom. The van der Waals surface area contributed by atoms with Gasteiger partial charge in [0.05, 0.1) is 6.54 Å². The van der Waals surface area contributed by atoms with Gasteiger partial charge in [-0.05, 0) is 0 Å². The fraction of sp³-hybridized carbons (Fsp3) is 0.417. The summed E-state index contributed by atoms with van der Waals surface area (Å²) < 4.78 is 5.03. The summed E-state index contributed by atoms with van der Waals surface area (Å²) >= 11 is 1.64. The number of anilines is 1. The molecule has 0 saturated carbocycles. The van der Waals surface area contributed by atoms with Crippen LogP contribution in [0.1, 0.15) is 16.2 Å². The fourth-order valence-electron chi connectivity index (χ4n) is 2.18.